The summed E-state index contributed by atoms with van der Waals surface area (Å²) in [5.74, 6) is 2.54. The average molecular weight is 487 g/mol. The summed E-state index contributed by atoms with van der Waals surface area (Å²) in [7, 11) is 3.26. The highest BCUT2D eigenvalue weighted by molar-refractivity contribution is 5.88. The van der Waals surface area contributed by atoms with Gasteiger partial charge in [-0.05, 0) is 41.3 Å². The summed E-state index contributed by atoms with van der Waals surface area (Å²) in [4.78, 5) is 16.7. The van der Waals surface area contributed by atoms with Crippen LogP contribution in [0.25, 0.3) is 10.9 Å². The summed E-state index contributed by atoms with van der Waals surface area (Å²) >= 11 is 0. The molecular formula is C29H30N2O5. The number of fused-ring (bicyclic) bond motifs is 2. The number of H-pyrrole nitrogens is 1. The van der Waals surface area contributed by atoms with Crippen LogP contribution in [0.2, 0.25) is 0 Å². The van der Waals surface area contributed by atoms with Gasteiger partial charge in [0.15, 0.2) is 11.5 Å². The Morgan fingerprint density at radius 2 is 1.89 bits per heavy atom. The minimum atomic E-state index is -0.219. The molecule has 7 nitrogen and oxygen atoms in total. The number of benzene rings is 3. The SMILES string of the molecule is CCc1cccc2c([C@@H](CC(=O)NCc3ccc4c(c3)OCO4)c3ccc(OC)cc3OC)c[nH]c12. The van der Waals surface area contributed by atoms with Gasteiger partial charge in [0, 0.05) is 47.6 Å². The molecular weight excluding hydrogens is 456 g/mol. The van der Waals surface area contributed by atoms with Gasteiger partial charge in [0.2, 0.25) is 12.7 Å². The molecule has 1 aliphatic heterocycles. The number of hydrogen-bond acceptors (Lipinski definition) is 5. The fourth-order valence-electron chi connectivity index (χ4n) is 4.82. The normalized spacial score (nSPS) is 13.0. The largest absolute Gasteiger partial charge is 0.497 e. The van der Waals surface area contributed by atoms with Crippen molar-refractivity contribution < 1.29 is 23.7 Å². The van der Waals surface area contributed by atoms with E-state index in [1.807, 2.05) is 42.6 Å². The zero-order valence-electron chi connectivity index (χ0n) is 20.7. The van der Waals surface area contributed by atoms with Crippen molar-refractivity contribution in [2.24, 2.45) is 0 Å². The summed E-state index contributed by atoms with van der Waals surface area (Å²) in [6, 6.07) is 17.8. The molecule has 5 rings (SSSR count). The molecule has 4 aromatic rings. The molecule has 0 spiro atoms. The van der Waals surface area contributed by atoms with Crippen molar-refractivity contribution in [1.29, 1.82) is 0 Å². The number of aryl methyl sites for hydroxylation is 1. The lowest BCUT2D eigenvalue weighted by Gasteiger charge is -2.20. The summed E-state index contributed by atoms with van der Waals surface area (Å²) in [6.45, 7) is 2.76. The Balaban J connectivity index is 1.45. The third-order valence-electron chi connectivity index (χ3n) is 6.72. The van der Waals surface area contributed by atoms with Crippen LogP contribution in [0.5, 0.6) is 23.0 Å². The monoisotopic (exact) mass is 486 g/mol. The number of methoxy groups -OCH3 is 2. The van der Waals surface area contributed by atoms with Gasteiger partial charge in [-0.25, -0.2) is 0 Å². The van der Waals surface area contributed by atoms with E-state index in [4.69, 9.17) is 18.9 Å². The number of ether oxygens (including phenoxy) is 4. The van der Waals surface area contributed by atoms with Crippen molar-refractivity contribution >= 4 is 16.8 Å². The lowest BCUT2D eigenvalue weighted by Crippen LogP contribution is -2.25. The van der Waals surface area contributed by atoms with Gasteiger partial charge in [-0.15, -0.1) is 0 Å². The van der Waals surface area contributed by atoms with Crippen LogP contribution in [0.3, 0.4) is 0 Å². The van der Waals surface area contributed by atoms with Gasteiger partial charge in [-0.3, -0.25) is 4.79 Å². The van der Waals surface area contributed by atoms with Crippen molar-refractivity contribution in [2.45, 2.75) is 32.2 Å². The van der Waals surface area contributed by atoms with Gasteiger partial charge in [0.05, 0.1) is 14.2 Å². The van der Waals surface area contributed by atoms with Crippen molar-refractivity contribution in [1.82, 2.24) is 10.3 Å². The Bertz CT molecular complexity index is 1390. The second-order valence-electron chi connectivity index (χ2n) is 8.77. The molecule has 36 heavy (non-hydrogen) atoms. The van der Waals surface area contributed by atoms with Crippen LogP contribution in [-0.4, -0.2) is 31.9 Å². The van der Waals surface area contributed by atoms with Gasteiger partial charge < -0.3 is 29.2 Å². The zero-order chi connectivity index (χ0) is 25.1. The molecule has 0 saturated heterocycles. The van der Waals surface area contributed by atoms with E-state index in [0.717, 1.165) is 39.8 Å². The molecule has 3 aromatic carbocycles. The maximum absolute atomic E-state index is 13.3. The second-order valence-corrected chi connectivity index (χ2v) is 8.77. The van der Waals surface area contributed by atoms with Crippen molar-refractivity contribution in [3.05, 3.63) is 83.0 Å². The Labute approximate surface area is 210 Å². The number of carbonyl (C=O) groups is 1. The first-order chi connectivity index (χ1) is 17.6. The summed E-state index contributed by atoms with van der Waals surface area (Å²) < 4.78 is 22.0. The molecule has 2 N–H and O–H groups in total. The minimum absolute atomic E-state index is 0.0588. The van der Waals surface area contributed by atoms with E-state index in [0.29, 0.717) is 23.8 Å². The number of rotatable bonds is 9. The number of para-hydroxylation sites is 1. The van der Waals surface area contributed by atoms with E-state index in [2.05, 4.69) is 35.4 Å². The number of nitrogens with one attached hydrogen (secondary N) is 2. The third kappa shape index (κ3) is 4.56. The molecule has 186 valence electrons. The smallest absolute Gasteiger partial charge is 0.231 e. The van der Waals surface area contributed by atoms with Crippen LogP contribution in [0.1, 0.15) is 41.5 Å². The van der Waals surface area contributed by atoms with Gasteiger partial charge >= 0.3 is 0 Å². The Morgan fingerprint density at radius 1 is 1.03 bits per heavy atom. The topological polar surface area (TPSA) is 81.8 Å². The Hall–Kier alpha value is -4.13. The standard InChI is InChI=1S/C29H30N2O5/c1-4-19-6-5-7-22-24(16-31-29(19)22)23(21-10-9-20(33-2)13-26(21)34-3)14-28(32)30-15-18-8-11-25-27(12-18)36-17-35-25/h5-13,16,23,31H,4,14-15,17H2,1-3H3,(H,30,32)/t23-/m0/s1. The predicted octanol–water partition coefficient (Wildman–Crippen LogP) is 5.31. The highest BCUT2D eigenvalue weighted by Gasteiger charge is 2.25. The number of amides is 1. The third-order valence-corrected chi connectivity index (χ3v) is 6.72. The molecule has 0 aliphatic carbocycles. The molecule has 2 heterocycles. The number of aromatic nitrogens is 1. The number of carbonyl (C=O) groups excluding carboxylic acids is 1. The molecule has 1 atom stereocenters. The Kier molecular flexibility index (Phi) is 6.71. The van der Waals surface area contributed by atoms with E-state index >= 15 is 0 Å². The fourth-order valence-corrected chi connectivity index (χ4v) is 4.82. The Morgan fingerprint density at radius 3 is 2.69 bits per heavy atom. The molecule has 1 aromatic heterocycles. The lowest BCUT2D eigenvalue weighted by molar-refractivity contribution is -0.121. The van der Waals surface area contributed by atoms with Crippen LogP contribution in [0, 0.1) is 0 Å². The molecule has 1 amide bonds. The van der Waals surface area contributed by atoms with Crippen LogP contribution in [0.4, 0.5) is 0 Å². The summed E-state index contributed by atoms with van der Waals surface area (Å²) in [6.07, 6.45) is 3.20. The van der Waals surface area contributed by atoms with E-state index < -0.39 is 0 Å². The highest BCUT2D eigenvalue weighted by atomic mass is 16.7. The van der Waals surface area contributed by atoms with Crippen molar-refractivity contribution in [2.75, 3.05) is 21.0 Å². The molecule has 0 radical (unpaired) electrons. The number of aromatic amines is 1. The number of hydrogen-bond donors (Lipinski definition) is 2. The van der Waals surface area contributed by atoms with Gasteiger partial charge in [0.25, 0.3) is 0 Å². The predicted molar refractivity (Wildman–Crippen MR) is 138 cm³/mol. The highest BCUT2D eigenvalue weighted by Crippen LogP contribution is 2.40. The van der Waals surface area contributed by atoms with Gasteiger partial charge in [-0.1, -0.05) is 37.3 Å². The van der Waals surface area contributed by atoms with Crippen LogP contribution < -0.4 is 24.3 Å². The maximum Gasteiger partial charge on any atom is 0.231 e. The van der Waals surface area contributed by atoms with Crippen LogP contribution in [0.15, 0.2) is 60.8 Å². The minimum Gasteiger partial charge on any atom is -0.497 e. The van der Waals surface area contributed by atoms with Crippen LogP contribution >= 0.6 is 0 Å². The summed E-state index contributed by atoms with van der Waals surface area (Å²) in [5, 5.41) is 4.18. The average Bonchev–Trinajstić information content (AvgIpc) is 3.57. The zero-order valence-corrected chi connectivity index (χ0v) is 20.7. The van der Waals surface area contributed by atoms with Crippen molar-refractivity contribution in [3.63, 3.8) is 0 Å². The second kappa shape index (κ2) is 10.2. The molecule has 7 heteroatoms. The van der Waals surface area contributed by atoms with Crippen LogP contribution in [-0.2, 0) is 17.8 Å². The van der Waals surface area contributed by atoms with E-state index in [-0.39, 0.29) is 25.0 Å². The molecule has 0 unspecified atom stereocenters. The lowest BCUT2D eigenvalue weighted by atomic mass is 9.87. The fraction of sp³-hybridized carbons (Fsp3) is 0.276. The molecule has 1 aliphatic rings. The molecule has 0 saturated carbocycles. The summed E-state index contributed by atoms with van der Waals surface area (Å²) in [5.41, 5.74) is 5.28. The first kappa shape index (κ1) is 23.6. The maximum atomic E-state index is 13.3. The van der Waals surface area contributed by atoms with E-state index in [9.17, 15) is 4.79 Å². The molecule has 0 bridgehead atoms. The molecule has 0 fully saturated rings. The van der Waals surface area contributed by atoms with Crippen molar-refractivity contribution in [3.8, 4) is 23.0 Å². The van der Waals surface area contributed by atoms with E-state index in [1.165, 1.54) is 5.56 Å². The first-order valence-corrected chi connectivity index (χ1v) is 12.1. The first-order valence-electron chi connectivity index (χ1n) is 12.1. The van der Waals surface area contributed by atoms with Gasteiger partial charge in [0.1, 0.15) is 11.5 Å². The van der Waals surface area contributed by atoms with Gasteiger partial charge in [-0.2, -0.15) is 0 Å². The quantitative estimate of drug-likeness (QED) is 0.335. The van der Waals surface area contributed by atoms with E-state index in [1.54, 1.807) is 14.2 Å².